The number of alkyl halides is 3. The molecule has 0 amide bonds. The normalized spacial score (nSPS) is 34.5. The van der Waals surface area contributed by atoms with Gasteiger partial charge in [-0.1, -0.05) is 0 Å². The Morgan fingerprint density at radius 1 is 1.30 bits per heavy atom. The van der Waals surface area contributed by atoms with Crippen LogP contribution >= 0.6 is 0 Å². The molecule has 2 atom stereocenters. The van der Waals surface area contributed by atoms with Gasteiger partial charge in [-0.3, -0.25) is 4.98 Å². The molecule has 0 saturated carbocycles. The van der Waals surface area contributed by atoms with E-state index in [1.165, 1.54) is 6.07 Å². The molecule has 1 aromatic heterocycles. The fourth-order valence-corrected chi connectivity index (χ4v) is 3.56. The number of halogens is 3. The van der Waals surface area contributed by atoms with Crippen molar-refractivity contribution in [2.24, 2.45) is 0 Å². The first-order valence-corrected chi connectivity index (χ1v) is 6.78. The van der Waals surface area contributed by atoms with Gasteiger partial charge in [0.2, 0.25) is 0 Å². The Bertz CT molecular complexity index is 503. The molecule has 0 radical (unpaired) electrons. The first-order valence-electron chi connectivity index (χ1n) is 6.78. The van der Waals surface area contributed by atoms with E-state index >= 15 is 0 Å². The Morgan fingerprint density at radius 2 is 1.90 bits per heavy atom. The predicted molar refractivity (Wildman–Crippen MR) is 66.9 cm³/mol. The van der Waals surface area contributed by atoms with E-state index in [0.717, 1.165) is 25.1 Å². The minimum absolute atomic E-state index is 0.251. The highest BCUT2D eigenvalue weighted by Gasteiger charge is 2.47. The third-order valence-electron chi connectivity index (χ3n) is 4.72. The number of piperidine rings is 1. The van der Waals surface area contributed by atoms with Gasteiger partial charge in [-0.05, 0) is 50.4 Å². The maximum absolute atomic E-state index is 12.7. The molecule has 110 valence electrons. The van der Waals surface area contributed by atoms with Crippen LogP contribution in [0.25, 0.3) is 0 Å². The lowest BCUT2D eigenvalue weighted by Crippen LogP contribution is -2.47. The number of pyridine rings is 1. The third kappa shape index (κ3) is 2.20. The second-order valence-electron chi connectivity index (χ2n) is 5.92. The second-order valence-corrected chi connectivity index (χ2v) is 5.92. The fourth-order valence-electron chi connectivity index (χ4n) is 3.56. The summed E-state index contributed by atoms with van der Waals surface area (Å²) in [5, 5.41) is 10.8. The van der Waals surface area contributed by atoms with Crippen molar-refractivity contribution < 1.29 is 18.3 Å². The molecule has 1 N–H and O–H groups in total. The van der Waals surface area contributed by atoms with Crippen molar-refractivity contribution >= 4 is 0 Å². The minimum atomic E-state index is -4.48. The van der Waals surface area contributed by atoms with Gasteiger partial charge in [0, 0.05) is 18.3 Å². The van der Waals surface area contributed by atoms with Crippen LogP contribution in [0.2, 0.25) is 0 Å². The number of hydrogen-bond donors (Lipinski definition) is 1. The standard InChI is InChI=1S/C14H17F3N2O/c1-19-10-2-3-11(19)8-13(20,7-10)9-4-5-18-12(6-9)14(15,16)17/h4-6,10-11,20H,2-3,7-8H2,1H3. The molecule has 6 heteroatoms. The van der Waals surface area contributed by atoms with Gasteiger partial charge in [0.1, 0.15) is 5.69 Å². The number of aromatic nitrogens is 1. The summed E-state index contributed by atoms with van der Waals surface area (Å²) in [4.78, 5) is 5.60. The Hall–Kier alpha value is -1.14. The van der Waals surface area contributed by atoms with E-state index in [1.54, 1.807) is 0 Å². The van der Waals surface area contributed by atoms with E-state index in [1.807, 2.05) is 7.05 Å². The van der Waals surface area contributed by atoms with Gasteiger partial charge in [0.05, 0.1) is 5.60 Å². The summed E-state index contributed by atoms with van der Waals surface area (Å²) in [6.45, 7) is 0. The van der Waals surface area contributed by atoms with E-state index in [-0.39, 0.29) is 12.1 Å². The summed E-state index contributed by atoms with van der Waals surface area (Å²) in [7, 11) is 2.02. The van der Waals surface area contributed by atoms with Gasteiger partial charge in [-0.2, -0.15) is 13.2 Å². The summed E-state index contributed by atoms with van der Waals surface area (Å²) in [5.74, 6) is 0. The zero-order chi connectivity index (χ0) is 14.5. The number of aliphatic hydroxyl groups is 1. The van der Waals surface area contributed by atoms with E-state index in [9.17, 15) is 18.3 Å². The fraction of sp³-hybridized carbons (Fsp3) is 0.643. The minimum Gasteiger partial charge on any atom is -0.385 e. The van der Waals surface area contributed by atoms with Gasteiger partial charge < -0.3 is 10.0 Å². The molecule has 2 aliphatic rings. The molecule has 1 aromatic rings. The monoisotopic (exact) mass is 286 g/mol. The summed E-state index contributed by atoms with van der Waals surface area (Å²) >= 11 is 0. The maximum atomic E-state index is 12.7. The molecule has 0 spiro atoms. The van der Waals surface area contributed by atoms with Gasteiger partial charge in [-0.25, -0.2) is 0 Å². The Morgan fingerprint density at radius 3 is 2.45 bits per heavy atom. The van der Waals surface area contributed by atoms with Crippen LogP contribution in [0, 0.1) is 0 Å². The average Bonchev–Trinajstić information content (AvgIpc) is 2.62. The number of fused-ring (bicyclic) bond motifs is 2. The van der Waals surface area contributed by atoms with Crippen molar-refractivity contribution in [1.82, 2.24) is 9.88 Å². The molecule has 2 bridgehead atoms. The highest BCUT2D eigenvalue weighted by molar-refractivity contribution is 5.27. The van der Waals surface area contributed by atoms with E-state index in [2.05, 4.69) is 9.88 Å². The van der Waals surface area contributed by atoms with Crippen LogP contribution in [0.1, 0.15) is 36.9 Å². The van der Waals surface area contributed by atoms with Crippen molar-refractivity contribution in [3.8, 4) is 0 Å². The molecule has 3 nitrogen and oxygen atoms in total. The Labute approximate surface area is 115 Å². The van der Waals surface area contributed by atoms with Crippen LogP contribution in [0.15, 0.2) is 18.3 Å². The van der Waals surface area contributed by atoms with Crippen molar-refractivity contribution in [2.75, 3.05) is 7.05 Å². The summed E-state index contributed by atoms with van der Waals surface area (Å²) in [6, 6.07) is 2.99. The SMILES string of the molecule is CN1C2CCC1CC(O)(c1ccnc(C(F)(F)F)c1)C2. The largest absolute Gasteiger partial charge is 0.433 e. The van der Waals surface area contributed by atoms with Crippen LogP contribution in [0.5, 0.6) is 0 Å². The highest BCUT2D eigenvalue weighted by Crippen LogP contribution is 2.45. The third-order valence-corrected chi connectivity index (χ3v) is 4.72. The molecule has 0 aromatic carbocycles. The lowest BCUT2D eigenvalue weighted by atomic mass is 9.81. The second kappa shape index (κ2) is 4.43. The van der Waals surface area contributed by atoms with E-state index < -0.39 is 17.5 Å². The molecule has 2 saturated heterocycles. The van der Waals surface area contributed by atoms with Crippen LogP contribution in [-0.4, -0.2) is 34.1 Å². The smallest absolute Gasteiger partial charge is 0.385 e. The highest BCUT2D eigenvalue weighted by atomic mass is 19.4. The number of nitrogens with zero attached hydrogens (tertiary/aromatic N) is 2. The zero-order valence-corrected chi connectivity index (χ0v) is 11.2. The molecule has 2 unspecified atom stereocenters. The Balaban J connectivity index is 1.93. The molecular formula is C14H17F3N2O. The molecule has 20 heavy (non-hydrogen) atoms. The molecule has 3 heterocycles. The van der Waals surface area contributed by atoms with Gasteiger partial charge >= 0.3 is 6.18 Å². The van der Waals surface area contributed by atoms with Crippen molar-refractivity contribution in [1.29, 1.82) is 0 Å². The van der Waals surface area contributed by atoms with Crippen LogP contribution < -0.4 is 0 Å². The van der Waals surface area contributed by atoms with Crippen molar-refractivity contribution in [3.05, 3.63) is 29.6 Å². The molecule has 0 aliphatic carbocycles. The van der Waals surface area contributed by atoms with Crippen molar-refractivity contribution in [2.45, 2.75) is 49.5 Å². The van der Waals surface area contributed by atoms with Crippen LogP contribution in [-0.2, 0) is 11.8 Å². The van der Waals surface area contributed by atoms with E-state index in [0.29, 0.717) is 18.4 Å². The lowest BCUT2D eigenvalue weighted by molar-refractivity contribution is -0.141. The van der Waals surface area contributed by atoms with Crippen LogP contribution in [0.3, 0.4) is 0 Å². The van der Waals surface area contributed by atoms with Crippen LogP contribution in [0.4, 0.5) is 13.2 Å². The van der Waals surface area contributed by atoms with Gasteiger partial charge in [0.15, 0.2) is 0 Å². The molecule has 2 aliphatic heterocycles. The first-order chi connectivity index (χ1) is 9.29. The average molecular weight is 286 g/mol. The maximum Gasteiger partial charge on any atom is 0.433 e. The lowest BCUT2D eigenvalue weighted by Gasteiger charge is -2.42. The molecular weight excluding hydrogens is 269 g/mol. The molecule has 3 rings (SSSR count). The summed E-state index contributed by atoms with van der Waals surface area (Å²) in [6.07, 6.45) is -0.364. The topological polar surface area (TPSA) is 36.4 Å². The number of hydrogen-bond acceptors (Lipinski definition) is 3. The first kappa shape index (κ1) is 13.8. The predicted octanol–water partition coefficient (Wildman–Crippen LogP) is 2.54. The Kier molecular flexibility index (Phi) is 3.06. The van der Waals surface area contributed by atoms with Gasteiger partial charge in [-0.15, -0.1) is 0 Å². The summed E-state index contributed by atoms with van der Waals surface area (Å²) in [5.41, 5.74) is -1.76. The molecule has 2 fully saturated rings. The zero-order valence-electron chi connectivity index (χ0n) is 11.2. The summed E-state index contributed by atoms with van der Waals surface area (Å²) < 4.78 is 38.2. The number of rotatable bonds is 1. The van der Waals surface area contributed by atoms with Gasteiger partial charge in [0.25, 0.3) is 0 Å². The quantitative estimate of drug-likeness (QED) is 0.862. The van der Waals surface area contributed by atoms with Crippen molar-refractivity contribution in [3.63, 3.8) is 0 Å². The van der Waals surface area contributed by atoms with E-state index in [4.69, 9.17) is 0 Å².